The van der Waals surface area contributed by atoms with E-state index in [9.17, 15) is 4.79 Å². The van der Waals surface area contributed by atoms with Gasteiger partial charge in [0.2, 0.25) is 0 Å². The number of hydrogen-bond acceptors (Lipinski definition) is 2. The molecule has 0 bridgehead atoms. The predicted molar refractivity (Wildman–Crippen MR) is 82.2 cm³/mol. The molecular formula is C15H21ClN2O. The van der Waals surface area contributed by atoms with E-state index in [0.717, 1.165) is 5.57 Å². The summed E-state index contributed by atoms with van der Waals surface area (Å²) in [6, 6.07) is 6.94. The number of benzene rings is 1. The molecule has 0 aliphatic carbocycles. The first-order chi connectivity index (χ1) is 9.15. The zero-order valence-electron chi connectivity index (χ0n) is 11.6. The quantitative estimate of drug-likeness (QED) is 0.829. The number of rotatable bonds is 4. The highest BCUT2D eigenvalue weighted by Crippen LogP contribution is 2.14. The van der Waals surface area contributed by atoms with Crippen LogP contribution in [0.15, 0.2) is 48.2 Å². The van der Waals surface area contributed by atoms with E-state index in [4.69, 9.17) is 17.3 Å². The molecule has 0 saturated carbocycles. The number of carbonyl (C=O) groups excluding carboxylic acids is 1. The molecule has 0 aromatic heterocycles. The maximum absolute atomic E-state index is 11.7. The summed E-state index contributed by atoms with van der Waals surface area (Å²) < 4.78 is 0. The maximum atomic E-state index is 11.7. The summed E-state index contributed by atoms with van der Waals surface area (Å²) in [6.07, 6.45) is 5.17. The predicted octanol–water partition coefficient (Wildman–Crippen LogP) is 3.51. The minimum Gasteiger partial charge on any atom is -0.404 e. The van der Waals surface area contributed by atoms with Crippen LogP contribution < -0.4 is 11.1 Å². The van der Waals surface area contributed by atoms with Crippen molar-refractivity contribution >= 4 is 17.5 Å². The Morgan fingerprint density at radius 1 is 1.37 bits per heavy atom. The van der Waals surface area contributed by atoms with E-state index < -0.39 is 0 Å². The van der Waals surface area contributed by atoms with Crippen molar-refractivity contribution in [3.05, 3.63) is 58.8 Å². The van der Waals surface area contributed by atoms with Crippen molar-refractivity contribution in [2.24, 2.45) is 5.73 Å². The van der Waals surface area contributed by atoms with Crippen molar-refractivity contribution in [1.29, 1.82) is 0 Å². The van der Waals surface area contributed by atoms with Crippen molar-refractivity contribution in [2.75, 3.05) is 6.54 Å². The molecule has 3 N–H and O–H groups in total. The fourth-order valence-electron chi connectivity index (χ4n) is 1.19. The minimum atomic E-state index is -0.186. The summed E-state index contributed by atoms with van der Waals surface area (Å²) in [5, 5.41) is 3.19. The molecule has 1 aromatic carbocycles. The normalized spacial score (nSPS) is 10.8. The van der Waals surface area contributed by atoms with Gasteiger partial charge in [-0.15, -0.1) is 0 Å². The molecule has 1 rings (SSSR count). The highest BCUT2D eigenvalue weighted by molar-refractivity contribution is 6.33. The van der Waals surface area contributed by atoms with Gasteiger partial charge in [-0.25, -0.2) is 0 Å². The van der Waals surface area contributed by atoms with Gasteiger partial charge >= 0.3 is 0 Å². The summed E-state index contributed by atoms with van der Waals surface area (Å²) in [6.45, 7) is 6.32. The monoisotopic (exact) mass is 280 g/mol. The highest BCUT2D eigenvalue weighted by atomic mass is 35.5. The lowest BCUT2D eigenvalue weighted by Crippen LogP contribution is -2.23. The van der Waals surface area contributed by atoms with Crippen molar-refractivity contribution in [3.63, 3.8) is 0 Å². The number of halogens is 1. The van der Waals surface area contributed by atoms with Crippen LogP contribution in [-0.2, 0) is 0 Å². The third-order valence-electron chi connectivity index (χ3n) is 2.14. The van der Waals surface area contributed by atoms with E-state index in [1.54, 1.807) is 24.3 Å². The number of allylic oxidation sites excluding steroid dienone is 2. The Hall–Kier alpha value is -1.74. The first-order valence-electron chi connectivity index (χ1n) is 6.23. The van der Waals surface area contributed by atoms with Gasteiger partial charge in [0, 0.05) is 6.54 Å². The fraction of sp³-hybridized carbons (Fsp3) is 0.267. The van der Waals surface area contributed by atoms with Gasteiger partial charge in [0.05, 0.1) is 10.6 Å². The molecular weight excluding hydrogens is 260 g/mol. The Balaban J connectivity index is 0.00000154. The average Bonchev–Trinajstić information content (AvgIpc) is 2.45. The van der Waals surface area contributed by atoms with Crippen LogP contribution in [0, 0.1) is 0 Å². The van der Waals surface area contributed by atoms with E-state index >= 15 is 0 Å². The summed E-state index contributed by atoms with van der Waals surface area (Å²) >= 11 is 5.90. The molecule has 0 atom stereocenters. The van der Waals surface area contributed by atoms with Crippen LogP contribution in [0.1, 0.15) is 31.1 Å². The molecule has 0 unspecified atom stereocenters. The van der Waals surface area contributed by atoms with Crippen LogP contribution in [-0.4, -0.2) is 12.5 Å². The van der Waals surface area contributed by atoms with Crippen molar-refractivity contribution < 1.29 is 4.79 Å². The van der Waals surface area contributed by atoms with Gasteiger partial charge in [0.25, 0.3) is 5.91 Å². The van der Waals surface area contributed by atoms with Crippen LogP contribution in [0.25, 0.3) is 0 Å². The van der Waals surface area contributed by atoms with Gasteiger partial charge in [-0.2, -0.15) is 0 Å². The first kappa shape index (κ1) is 17.3. The average molecular weight is 281 g/mol. The molecule has 0 heterocycles. The van der Waals surface area contributed by atoms with Crippen molar-refractivity contribution in [2.45, 2.75) is 20.8 Å². The zero-order valence-corrected chi connectivity index (χ0v) is 12.4. The second-order valence-electron chi connectivity index (χ2n) is 3.50. The third-order valence-corrected chi connectivity index (χ3v) is 2.47. The Kier molecular flexibility index (Phi) is 9.27. The lowest BCUT2D eigenvalue weighted by Gasteiger charge is -2.03. The molecule has 0 aliphatic heterocycles. The van der Waals surface area contributed by atoms with Crippen LogP contribution in [0.2, 0.25) is 5.02 Å². The fourth-order valence-corrected chi connectivity index (χ4v) is 1.41. The molecule has 4 heteroatoms. The largest absolute Gasteiger partial charge is 0.404 e. The zero-order chi connectivity index (χ0) is 14.7. The van der Waals surface area contributed by atoms with Gasteiger partial charge in [-0.1, -0.05) is 49.7 Å². The molecule has 0 radical (unpaired) electrons. The molecule has 0 saturated heterocycles. The van der Waals surface area contributed by atoms with Gasteiger partial charge in [0.15, 0.2) is 0 Å². The number of amides is 1. The first-order valence-corrected chi connectivity index (χ1v) is 6.60. The van der Waals surface area contributed by atoms with Gasteiger partial charge in [0.1, 0.15) is 0 Å². The standard InChI is InChI=1S/C13H15ClN2O.C2H6/c1-10(9-15)5-4-8-16-13(17)11-6-2-3-7-12(11)14;1-2/h2-7,9H,8,15H2,1H3,(H,16,17);1-2H3/b5-4-,10-9-;. The molecule has 104 valence electrons. The molecule has 1 aromatic rings. The second kappa shape index (κ2) is 10.2. The molecule has 0 spiro atoms. The topological polar surface area (TPSA) is 55.1 Å². The molecule has 19 heavy (non-hydrogen) atoms. The van der Waals surface area contributed by atoms with Gasteiger partial charge in [-0.3, -0.25) is 4.79 Å². The Morgan fingerprint density at radius 2 is 2.00 bits per heavy atom. The van der Waals surface area contributed by atoms with Gasteiger partial charge < -0.3 is 11.1 Å². The maximum Gasteiger partial charge on any atom is 0.253 e. The minimum absolute atomic E-state index is 0.186. The summed E-state index contributed by atoms with van der Waals surface area (Å²) in [5.41, 5.74) is 6.73. The summed E-state index contributed by atoms with van der Waals surface area (Å²) in [4.78, 5) is 11.7. The lowest BCUT2D eigenvalue weighted by molar-refractivity contribution is 0.0958. The third kappa shape index (κ3) is 6.67. The smallest absolute Gasteiger partial charge is 0.253 e. The van der Waals surface area contributed by atoms with E-state index in [0.29, 0.717) is 17.1 Å². The van der Waals surface area contributed by atoms with Crippen molar-refractivity contribution in [3.8, 4) is 0 Å². The number of carbonyl (C=O) groups is 1. The van der Waals surface area contributed by atoms with Crippen LogP contribution in [0.3, 0.4) is 0 Å². The number of hydrogen-bond donors (Lipinski definition) is 2. The van der Waals surface area contributed by atoms with E-state index in [1.165, 1.54) is 6.20 Å². The molecule has 3 nitrogen and oxygen atoms in total. The van der Waals surface area contributed by atoms with E-state index in [2.05, 4.69) is 5.32 Å². The SMILES string of the molecule is CC.CC(/C=C\CNC(=O)c1ccccc1Cl)=C/N. The molecule has 0 fully saturated rings. The number of nitrogens with two attached hydrogens (primary N) is 1. The highest BCUT2D eigenvalue weighted by Gasteiger charge is 2.07. The van der Waals surface area contributed by atoms with Crippen LogP contribution in [0.5, 0.6) is 0 Å². The van der Waals surface area contributed by atoms with E-state index in [-0.39, 0.29) is 5.91 Å². The summed E-state index contributed by atoms with van der Waals surface area (Å²) in [5.74, 6) is -0.186. The van der Waals surface area contributed by atoms with Crippen molar-refractivity contribution in [1.82, 2.24) is 5.32 Å². The van der Waals surface area contributed by atoms with E-state index in [1.807, 2.05) is 32.9 Å². The Bertz CT molecular complexity index is 453. The second-order valence-corrected chi connectivity index (χ2v) is 3.91. The van der Waals surface area contributed by atoms with Gasteiger partial charge in [-0.05, 0) is 30.8 Å². The summed E-state index contributed by atoms with van der Waals surface area (Å²) in [7, 11) is 0. The van der Waals surface area contributed by atoms with Crippen LogP contribution >= 0.6 is 11.6 Å². The molecule has 1 amide bonds. The Labute approximate surface area is 120 Å². The van der Waals surface area contributed by atoms with Crippen LogP contribution in [0.4, 0.5) is 0 Å². The Morgan fingerprint density at radius 3 is 2.58 bits per heavy atom. The lowest BCUT2D eigenvalue weighted by atomic mass is 10.2. The molecule has 0 aliphatic rings. The number of nitrogens with one attached hydrogen (secondary N) is 1.